The molecule has 0 heterocycles. The van der Waals surface area contributed by atoms with Gasteiger partial charge >= 0.3 is 66.7 Å². The third-order valence-corrected chi connectivity index (χ3v) is 6.76. The monoisotopic (exact) mass is 570 g/mol. The van der Waals surface area contributed by atoms with Crippen LogP contribution in [0.4, 0.5) is 0 Å². The number of hydrogen-bond acceptors (Lipinski definition) is 3. The second-order valence-electron chi connectivity index (χ2n) is 5.27. The summed E-state index contributed by atoms with van der Waals surface area (Å²) in [6.45, 7) is 1.67. The van der Waals surface area contributed by atoms with E-state index in [9.17, 15) is 9.13 Å². The van der Waals surface area contributed by atoms with Crippen LogP contribution in [-0.2, 0) is 20.3 Å². The minimum Gasteiger partial charge on any atom is -1.00 e. The van der Waals surface area contributed by atoms with Crippen molar-refractivity contribution in [1.29, 1.82) is 0 Å². The molecule has 0 amide bonds. The van der Waals surface area contributed by atoms with Crippen LogP contribution in [0.5, 0.6) is 0 Å². The summed E-state index contributed by atoms with van der Waals surface area (Å²) in [4.78, 5) is 8.99. The predicted octanol–water partition coefficient (Wildman–Crippen LogP) is 0.828. The molecule has 0 fully saturated rings. The molecule has 0 aliphatic heterocycles. The molecule has 0 radical (unpaired) electrons. The first-order chi connectivity index (χ1) is 13.8. The van der Waals surface area contributed by atoms with Crippen molar-refractivity contribution in [1.82, 2.24) is 20.3 Å². The van der Waals surface area contributed by atoms with Gasteiger partial charge in [0.05, 0.1) is 6.61 Å². The van der Waals surface area contributed by atoms with E-state index in [-0.39, 0.29) is 59.4 Å². The molecular weight excluding hydrogens is 543 g/mol. The first-order valence-electron chi connectivity index (χ1n) is 8.68. The molecule has 0 aromatic heterocycles. The first kappa shape index (κ1) is 34.4. The molecule has 1 aromatic rings. The molecule has 0 atom stereocenters. The van der Waals surface area contributed by atoms with E-state index in [0.717, 1.165) is 5.56 Å². The van der Waals surface area contributed by atoms with Crippen molar-refractivity contribution in [2.75, 3.05) is 49.7 Å². The van der Waals surface area contributed by atoms with E-state index in [2.05, 4.69) is 20.3 Å². The van der Waals surface area contributed by atoms with E-state index >= 15 is 0 Å². The number of benzene rings is 1. The summed E-state index contributed by atoms with van der Waals surface area (Å²) in [7, 11) is -6.48. The Morgan fingerprint density at radius 2 is 1.20 bits per heavy atom. The zero-order chi connectivity index (χ0) is 22.0. The summed E-state index contributed by atoms with van der Waals surface area (Å²) in [5.41, 5.74) is 0.957. The quantitative estimate of drug-likeness (QED) is 0.120. The van der Waals surface area contributed by atoms with Crippen LogP contribution in [0.25, 0.3) is 0 Å². The van der Waals surface area contributed by atoms with E-state index in [1.54, 1.807) is 0 Å². The maximum atomic E-state index is 12.3. The van der Waals surface area contributed by atoms with Crippen molar-refractivity contribution < 1.29 is 71.4 Å². The molecule has 0 saturated carbocycles. The number of rotatable bonds is 15. The first-order valence-corrected chi connectivity index (χ1v) is 14.1. The molecule has 5 N–H and O–H groups in total. The second-order valence-corrected chi connectivity index (χ2v) is 10.6. The average molecular weight is 572 g/mol. The van der Waals surface area contributed by atoms with E-state index in [4.69, 9.17) is 55.8 Å². The third kappa shape index (κ3) is 19.7. The van der Waals surface area contributed by atoms with E-state index in [1.165, 1.54) is 0 Å². The van der Waals surface area contributed by atoms with Crippen LogP contribution < -0.4 is 71.7 Å². The largest absolute Gasteiger partial charge is 1.00 e. The minimum atomic E-state index is -3.39. The van der Waals surface area contributed by atoms with Gasteiger partial charge in [0.25, 0.3) is 0 Å². The van der Waals surface area contributed by atoms with Crippen LogP contribution in [0.3, 0.4) is 0 Å². The Kier molecular flexibility index (Phi) is 24.9. The molecule has 1 rings (SSSR count). The zero-order valence-corrected chi connectivity index (χ0v) is 24.8. The van der Waals surface area contributed by atoms with Gasteiger partial charge in [0.15, 0.2) is 0 Å². The van der Waals surface area contributed by atoms with Crippen LogP contribution in [-0.4, -0.2) is 54.6 Å². The van der Waals surface area contributed by atoms with Crippen LogP contribution in [0.15, 0.2) is 30.3 Å². The zero-order valence-electron chi connectivity index (χ0n) is 17.8. The Labute approximate surface area is 242 Å². The van der Waals surface area contributed by atoms with Crippen molar-refractivity contribution in [3.8, 4) is 0 Å². The minimum absolute atomic E-state index is 0. The van der Waals surface area contributed by atoms with Crippen molar-refractivity contribution in [2.24, 2.45) is 0 Å². The molecule has 0 spiro atoms. The van der Waals surface area contributed by atoms with Crippen LogP contribution in [0.1, 0.15) is 6.99 Å². The van der Waals surface area contributed by atoms with Gasteiger partial charge in [-0.2, -0.15) is 0 Å². The van der Waals surface area contributed by atoms with Gasteiger partial charge in [0.2, 0.25) is 0 Å². The van der Waals surface area contributed by atoms with Crippen LogP contribution in [0.2, 0.25) is 0 Å². The fraction of sp³-hybridized carbons (Fsp3) is 0.600. The van der Waals surface area contributed by atoms with Gasteiger partial charge in [-0.15, -0.1) is 46.4 Å². The molecule has 8 nitrogen and oxygen atoms in total. The Hall–Kier alpha value is 2.24. The van der Waals surface area contributed by atoms with Gasteiger partial charge in [-0.3, -0.25) is 9.13 Å². The Morgan fingerprint density at radius 3 is 1.60 bits per heavy atom. The summed E-state index contributed by atoms with van der Waals surface area (Å²) in [6, 6.07) is 9.55. The van der Waals surface area contributed by atoms with E-state index < -0.39 is 15.3 Å². The second kappa shape index (κ2) is 21.7. The summed E-state index contributed by atoms with van der Waals surface area (Å²) in [5, 5.41) is 10.3. The van der Waals surface area contributed by atoms with Gasteiger partial charge in [-0.1, -0.05) is 30.3 Å². The Morgan fingerprint density at radius 1 is 0.800 bits per heavy atom. The van der Waals surface area contributed by atoms with Gasteiger partial charge < -0.3 is 10.8 Å². The van der Waals surface area contributed by atoms with Gasteiger partial charge in [0, 0.05) is 49.7 Å². The fourth-order valence-electron chi connectivity index (χ4n) is 1.71. The summed E-state index contributed by atoms with van der Waals surface area (Å²) in [6.07, 6.45) is 0. The van der Waals surface area contributed by atoms with Gasteiger partial charge in [-0.05, 0) is 5.56 Å². The molecular formula is C15H29Cl4KN4O4P2. The van der Waals surface area contributed by atoms with Gasteiger partial charge in [-0.25, -0.2) is 20.3 Å². The maximum Gasteiger partial charge on any atom is 1.00 e. The smallest absolute Gasteiger partial charge is 1.00 e. The maximum absolute atomic E-state index is 12.3. The van der Waals surface area contributed by atoms with Crippen molar-refractivity contribution in [2.45, 2.75) is 6.61 Å². The predicted molar refractivity (Wildman–Crippen MR) is 125 cm³/mol. The van der Waals surface area contributed by atoms with E-state index in [1.807, 2.05) is 30.3 Å². The van der Waals surface area contributed by atoms with E-state index in [0.29, 0.717) is 49.7 Å². The number of alkyl halides is 4. The molecule has 0 aliphatic carbocycles. The van der Waals surface area contributed by atoms with Crippen molar-refractivity contribution >= 4 is 61.7 Å². The fourth-order valence-corrected chi connectivity index (χ4v) is 4.99. The summed E-state index contributed by atoms with van der Waals surface area (Å²) < 4.78 is 28.7. The molecule has 30 heavy (non-hydrogen) atoms. The summed E-state index contributed by atoms with van der Waals surface area (Å²) >= 11 is 21.7. The molecule has 172 valence electrons. The third-order valence-electron chi connectivity index (χ3n) is 2.93. The standard InChI is InChI=1S/C11H17Cl2N2O2P.C4H11Cl2N2O2P.K.H/c12-6-8-14-18(16,15-9-7-13)17-10-11-4-2-1-3-5-11;5-1-3-7-11(9,10)8-4-2-6;;/h1-5H,6-10H2,(H2,14,15,16);1-4H2,(H3,7,8,9,10);;/q;;+1;-1. The molecule has 1 aromatic carbocycles. The number of nitrogens with one attached hydrogen (secondary N) is 4. The van der Waals surface area contributed by atoms with Crippen molar-refractivity contribution in [3.05, 3.63) is 35.9 Å². The van der Waals surface area contributed by atoms with Crippen LogP contribution >= 0.6 is 61.7 Å². The van der Waals surface area contributed by atoms with Gasteiger partial charge in [0.1, 0.15) is 0 Å². The van der Waals surface area contributed by atoms with Crippen molar-refractivity contribution in [3.63, 3.8) is 0 Å². The topological polar surface area (TPSA) is 112 Å². The Balaban J connectivity index is -0.000000528. The molecule has 0 bridgehead atoms. The summed E-state index contributed by atoms with van der Waals surface area (Å²) in [5.74, 6) is 1.32. The Bertz CT molecular complexity index is 608. The van der Waals surface area contributed by atoms with Crippen LogP contribution in [0, 0.1) is 0 Å². The molecule has 0 aliphatic rings. The number of hydrogen-bond donors (Lipinski definition) is 5. The normalized spacial score (nSPS) is 11.4. The molecule has 15 heteroatoms. The SMILES string of the molecule is O=P(NCCCl)(NCCCl)OCc1ccccc1.O=P(O)(NCCCl)NCCCl.[H-].[K+]. The molecule has 0 saturated heterocycles. The molecule has 0 unspecified atom stereocenters. The number of halogens is 4. The average Bonchev–Trinajstić information content (AvgIpc) is 2.73.